The van der Waals surface area contributed by atoms with Crippen molar-refractivity contribution >= 4 is 16.9 Å². The highest BCUT2D eigenvalue weighted by atomic mass is 19.1. The summed E-state index contributed by atoms with van der Waals surface area (Å²) in [5, 5.41) is 6.72. The van der Waals surface area contributed by atoms with E-state index in [1.54, 1.807) is 32.0 Å². The lowest BCUT2D eigenvalue weighted by atomic mass is 10.0. The molecule has 0 bridgehead atoms. The van der Waals surface area contributed by atoms with E-state index in [0.717, 1.165) is 39.2 Å². The second-order valence-corrected chi connectivity index (χ2v) is 8.60. The molecule has 5 rings (SSSR count). The molecule has 7 nitrogen and oxygen atoms in total. The molecule has 1 atom stereocenters. The third kappa shape index (κ3) is 4.30. The minimum atomic E-state index is -0.475. The van der Waals surface area contributed by atoms with E-state index in [4.69, 9.17) is 9.51 Å². The van der Waals surface area contributed by atoms with Crippen LogP contribution < -0.4 is 5.32 Å². The van der Waals surface area contributed by atoms with Crippen LogP contribution in [0.25, 0.3) is 27.8 Å². The van der Waals surface area contributed by atoms with E-state index >= 15 is 0 Å². The monoisotopic (exact) mass is 469 g/mol. The van der Waals surface area contributed by atoms with Crippen LogP contribution in [0.1, 0.15) is 46.4 Å². The normalized spacial score (nSPS) is 12.1. The average Bonchev–Trinajstić information content (AvgIpc) is 3.42. The molecular weight excluding hydrogens is 445 g/mol. The van der Waals surface area contributed by atoms with E-state index in [1.807, 2.05) is 48.7 Å². The molecule has 0 saturated heterocycles. The van der Waals surface area contributed by atoms with E-state index < -0.39 is 6.04 Å². The molecule has 1 amide bonds. The van der Waals surface area contributed by atoms with Crippen molar-refractivity contribution in [2.45, 2.75) is 33.7 Å². The largest absolute Gasteiger partial charge is 0.341 e. The van der Waals surface area contributed by atoms with Gasteiger partial charge in [-0.3, -0.25) is 9.36 Å². The zero-order valence-electron chi connectivity index (χ0n) is 19.8. The van der Waals surface area contributed by atoms with E-state index in [-0.39, 0.29) is 11.7 Å². The maximum Gasteiger partial charge on any atom is 0.252 e. The van der Waals surface area contributed by atoms with Crippen LogP contribution in [-0.4, -0.2) is 25.6 Å². The number of carbonyl (C=O) groups excluding carboxylic acids is 1. The van der Waals surface area contributed by atoms with Gasteiger partial charge in [-0.15, -0.1) is 0 Å². The first-order chi connectivity index (χ1) is 16.8. The lowest BCUT2D eigenvalue weighted by molar-refractivity contribution is 0.0932. The summed E-state index contributed by atoms with van der Waals surface area (Å²) in [4.78, 5) is 22.4. The maximum atomic E-state index is 13.6. The molecule has 0 spiro atoms. The Balaban J connectivity index is 1.66. The van der Waals surface area contributed by atoms with Gasteiger partial charge in [-0.2, -0.15) is 4.98 Å². The molecule has 0 unspecified atom stereocenters. The van der Waals surface area contributed by atoms with E-state index in [1.165, 1.54) is 12.1 Å². The Morgan fingerprint density at radius 1 is 1.00 bits per heavy atom. The second kappa shape index (κ2) is 8.79. The number of hydrogen-bond donors (Lipinski definition) is 1. The number of nitrogens with one attached hydrogen (secondary N) is 1. The minimum absolute atomic E-state index is 0.298. The Morgan fingerprint density at radius 3 is 2.37 bits per heavy atom. The number of hydrogen-bond acceptors (Lipinski definition) is 5. The van der Waals surface area contributed by atoms with Gasteiger partial charge >= 0.3 is 0 Å². The zero-order valence-corrected chi connectivity index (χ0v) is 19.8. The van der Waals surface area contributed by atoms with Crippen molar-refractivity contribution in [3.8, 4) is 16.8 Å². The number of halogens is 1. The van der Waals surface area contributed by atoms with Gasteiger partial charge in [0.05, 0.1) is 11.0 Å². The number of amides is 1. The lowest BCUT2D eigenvalue weighted by Gasteiger charge is -2.13. The predicted octanol–water partition coefficient (Wildman–Crippen LogP) is 5.63. The van der Waals surface area contributed by atoms with Crippen LogP contribution in [0, 0.1) is 26.6 Å². The summed E-state index contributed by atoms with van der Waals surface area (Å²) in [5.41, 5.74) is 5.53. The van der Waals surface area contributed by atoms with E-state index in [9.17, 15) is 9.18 Å². The maximum absolute atomic E-state index is 13.6. The minimum Gasteiger partial charge on any atom is -0.341 e. The van der Waals surface area contributed by atoms with Gasteiger partial charge in [0.15, 0.2) is 5.82 Å². The summed E-state index contributed by atoms with van der Waals surface area (Å²) in [5.74, 6) is 0.978. The number of nitrogens with zero attached hydrogens (tertiary/aromatic N) is 4. The highest BCUT2D eigenvalue weighted by Gasteiger charge is 2.21. The van der Waals surface area contributed by atoms with Crippen LogP contribution in [0.15, 0.2) is 65.2 Å². The van der Waals surface area contributed by atoms with Crippen LogP contribution >= 0.6 is 0 Å². The van der Waals surface area contributed by atoms with Crippen LogP contribution in [-0.2, 0) is 0 Å². The van der Waals surface area contributed by atoms with Crippen LogP contribution in [0.5, 0.6) is 0 Å². The van der Waals surface area contributed by atoms with Gasteiger partial charge in [-0.25, -0.2) is 9.37 Å². The van der Waals surface area contributed by atoms with E-state index in [2.05, 4.69) is 15.5 Å². The van der Waals surface area contributed by atoms with Crippen molar-refractivity contribution < 1.29 is 13.7 Å². The first kappa shape index (κ1) is 22.5. The van der Waals surface area contributed by atoms with Gasteiger partial charge in [0.2, 0.25) is 5.89 Å². The van der Waals surface area contributed by atoms with Gasteiger partial charge in [-0.05, 0) is 69.7 Å². The molecule has 0 aliphatic heterocycles. The molecule has 2 heterocycles. The summed E-state index contributed by atoms with van der Waals surface area (Å²) in [6.07, 6.45) is 0. The van der Waals surface area contributed by atoms with Crippen molar-refractivity contribution in [3.05, 3.63) is 95.1 Å². The van der Waals surface area contributed by atoms with Crippen molar-refractivity contribution in [2.24, 2.45) is 0 Å². The van der Waals surface area contributed by atoms with Gasteiger partial charge < -0.3 is 9.84 Å². The molecule has 0 aliphatic rings. The fourth-order valence-corrected chi connectivity index (χ4v) is 4.12. The van der Waals surface area contributed by atoms with Crippen molar-refractivity contribution in [1.29, 1.82) is 0 Å². The van der Waals surface area contributed by atoms with Gasteiger partial charge in [0.25, 0.3) is 5.91 Å². The predicted molar refractivity (Wildman–Crippen MR) is 131 cm³/mol. The number of carbonyl (C=O) groups is 1. The quantitative estimate of drug-likeness (QED) is 0.361. The topological polar surface area (TPSA) is 85.8 Å². The SMILES string of the molecule is Cc1ccc(-n2c(C)nc3c(-c4ccc(F)cc4)cc(C(=O)N[C@H](C)c4nc(C)no4)cc32)cc1. The second-order valence-electron chi connectivity index (χ2n) is 8.60. The molecule has 0 saturated carbocycles. The zero-order chi connectivity index (χ0) is 24.7. The third-order valence-corrected chi connectivity index (χ3v) is 5.90. The van der Waals surface area contributed by atoms with Crippen molar-refractivity contribution in [3.63, 3.8) is 0 Å². The van der Waals surface area contributed by atoms with Gasteiger partial charge in [0.1, 0.15) is 17.7 Å². The summed E-state index contributed by atoms with van der Waals surface area (Å²) in [6.45, 7) is 7.46. The highest BCUT2D eigenvalue weighted by molar-refractivity contribution is 6.03. The Bertz CT molecular complexity index is 1530. The Labute approximate surface area is 201 Å². The summed E-state index contributed by atoms with van der Waals surface area (Å²) in [6, 6.07) is 17.4. The fraction of sp³-hybridized carbons (Fsp3) is 0.185. The number of aromatic nitrogens is 4. The molecule has 2 aromatic heterocycles. The van der Waals surface area contributed by atoms with Gasteiger partial charge in [0, 0.05) is 16.8 Å². The summed E-state index contributed by atoms with van der Waals surface area (Å²) >= 11 is 0. The number of aryl methyl sites for hydroxylation is 3. The van der Waals surface area contributed by atoms with Crippen LogP contribution in [0.2, 0.25) is 0 Å². The molecular formula is C27H24FN5O2. The number of benzene rings is 3. The van der Waals surface area contributed by atoms with Crippen molar-refractivity contribution in [2.75, 3.05) is 0 Å². The first-order valence-corrected chi connectivity index (χ1v) is 11.3. The van der Waals surface area contributed by atoms with Crippen LogP contribution in [0.4, 0.5) is 4.39 Å². The number of imidazole rings is 1. The molecule has 0 aliphatic carbocycles. The number of fused-ring (bicyclic) bond motifs is 1. The summed E-state index contributed by atoms with van der Waals surface area (Å²) in [7, 11) is 0. The van der Waals surface area contributed by atoms with Crippen molar-refractivity contribution in [1.82, 2.24) is 25.0 Å². The highest BCUT2D eigenvalue weighted by Crippen LogP contribution is 2.32. The van der Waals surface area contributed by atoms with Gasteiger partial charge in [-0.1, -0.05) is 35.0 Å². The number of rotatable bonds is 5. The van der Waals surface area contributed by atoms with E-state index in [0.29, 0.717) is 17.3 Å². The first-order valence-electron chi connectivity index (χ1n) is 11.3. The fourth-order valence-electron chi connectivity index (χ4n) is 4.12. The molecule has 5 aromatic rings. The molecule has 3 aromatic carbocycles. The molecule has 1 N–H and O–H groups in total. The smallest absolute Gasteiger partial charge is 0.252 e. The molecule has 0 fully saturated rings. The molecule has 8 heteroatoms. The lowest BCUT2D eigenvalue weighted by Crippen LogP contribution is -2.27. The average molecular weight is 470 g/mol. The Morgan fingerprint density at radius 2 is 1.71 bits per heavy atom. The molecule has 35 heavy (non-hydrogen) atoms. The molecule has 176 valence electrons. The summed E-state index contributed by atoms with van der Waals surface area (Å²) < 4.78 is 20.9. The van der Waals surface area contributed by atoms with Crippen LogP contribution in [0.3, 0.4) is 0 Å². The third-order valence-electron chi connectivity index (χ3n) is 5.90. The Hall–Kier alpha value is -4.33. The standard InChI is InChI=1S/C27H24FN5O2/c1-15-5-11-22(12-6-15)33-18(4)31-25-23(19-7-9-21(28)10-8-19)13-20(14-24(25)33)26(34)29-16(2)27-30-17(3)32-35-27/h5-14,16H,1-4H3,(H,29,34)/t16-/m1/s1. The Kier molecular flexibility index (Phi) is 5.64. The molecule has 0 radical (unpaired) electrons.